The second kappa shape index (κ2) is 7.81. The lowest BCUT2D eigenvalue weighted by atomic mass is 10.0. The third-order valence-electron chi connectivity index (χ3n) is 1.95. The summed E-state index contributed by atoms with van der Waals surface area (Å²) in [4.78, 5) is 0. The number of hydrogen-bond donors (Lipinski definition) is 2. The van der Waals surface area contributed by atoms with Crippen LogP contribution in [0, 0.1) is 11.8 Å². The molecule has 82 valence electrons. The lowest BCUT2D eigenvalue weighted by Crippen LogP contribution is -2.39. The average molecular weight is 199 g/mol. The number of rotatable bonds is 7. The third-order valence-corrected chi connectivity index (χ3v) is 1.95. The Balaban J connectivity index is 3.47. The topological polar surface area (TPSA) is 41.5 Å². The second-order valence-electron chi connectivity index (χ2n) is 3.59. The van der Waals surface area contributed by atoms with Crippen LogP contribution in [0.1, 0.15) is 26.7 Å². The quantitative estimate of drug-likeness (QED) is 0.470. The van der Waals surface area contributed by atoms with Gasteiger partial charge in [0.1, 0.15) is 0 Å². The van der Waals surface area contributed by atoms with Gasteiger partial charge in [0.15, 0.2) is 0 Å². The molecule has 3 heteroatoms. The summed E-state index contributed by atoms with van der Waals surface area (Å²) >= 11 is 0. The van der Waals surface area contributed by atoms with Crippen LogP contribution in [0.15, 0.2) is 0 Å². The fourth-order valence-electron chi connectivity index (χ4n) is 1.04. The smallest absolute Gasteiger partial charge is 0.0765 e. The molecule has 0 aliphatic carbocycles. The van der Waals surface area contributed by atoms with Crippen molar-refractivity contribution in [2.45, 2.75) is 32.3 Å². The van der Waals surface area contributed by atoms with Gasteiger partial charge in [0, 0.05) is 39.6 Å². The van der Waals surface area contributed by atoms with Crippen LogP contribution in [0.2, 0.25) is 0 Å². The van der Waals surface area contributed by atoms with E-state index in [0.29, 0.717) is 19.6 Å². The van der Waals surface area contributed by atoms with Crippen LogP contribution in [0.5, 0.6) is 0 Å². The summed E-state index contributed by atoms with van der Waals surface area (Å²) in [6, 6.07) is 0. The van der Waals surface area contributed by atoms with Crippen molar-refractivity contribution < 1.29 is 9.84 Å². The van der Waals surface area contributed by atoms with Crippen LogP contribution in [-0.4, -0.2) is 37.5 Å². The average Bonchev–Trinajstić information content (AvgIpc) is 2.15. The highest BCUT2D eigenvalue weighted by atomic mass is 16.5. The van der Waals surface area contributed by atoms with Gasteiger partial charge in [-0.3, -0.25) is 0 Å². The van der Waals surface area contributed by atoms with Gasteiger partial charge >= 0.3 is 0 Å². The van der Waals surface area contributed by atoms with Gasteiger partial charge < -0.3 is 15.2 Å². The highest BCUT2D eigenvalue weighted by Gasteiger charge is 2.18. The highest BCUT2D eigenvalue weighted by Crippen LogP contribution is 2.07. The molecule has 0 rings (SSSR count). The zero-order valence-electron chi connectivity index (χ0n) is 9.39. The van der Waals surface area contributed by atoms with Crippen LogP contribution >= 0.6 is 0 Å². The number of methoxy groups -OCH3 is 1. The summed E-state index contributed by atoms with van der Waals surface area (Å²) < 4.78 is 4.91. The molecule has 0 saturated carbocycles. The number of nitrogens with one attached hydrogen (secondary N) is 1. The van der Waals surface area contributed by atoms with Crippen molar-refractivity contribution in [2.24, 2.45) is 0 Å². The number of aliphatic hydroxyl groups is 1. The molecule has 1 atom stereocenters. The molecule has 0 bridgehead atoms. The standard InChI is InChI=1S/C11H21NO2/c1-4-5-6-8-12-10-11(2,13)7-9-14-3/h12-13H,6-10H2,1-3H3. The van der Waals surface area contributed by atoms with E-state index in [2.05, 4.69) is 17.2 Å². The lowest BCUT2D eigenvalue weighted by molar-refractivity contribution is 0.0253. The van der Waals surface area contributed by atoms with Crippen LogP contribution in [-0.2, 0) is 4.74 Å². The molecule has 14 heavy (non-hydrogen) atoms. The van der Waals surface area contributed by atoms with E-state index in [-0.39, 0.29) is 0 Å². The molecule has 0 saturated heterocycles. The summed E-state index contributed by atoms with van der Waals surface area (Å²) in [5.74, 6) is 5.79. The minimum absolute atomic E-state index is 0.585. The van der Waals surface area contributed by atoms with Crippen molar-refractivity contribution in [1.29, 1.82) is 0 Å². The van der Waals surface area contributed by atoms with E-state index in [9.17, 15) is 5.11 Å². The fourth-order valence-corrected chi connectivity index (χ4v) is 1.04. The lowest BCUT2D eigenvalue weighted by Gasteiger charge is -2.23. The van der Waals surface area contributed by atoms with E-state index < -0.39 is 5.60 Å². The molecule has 1 unspecified atom stereocenters. The second-order valence-corrected chi connectivity index (χ2v) is 3.59. The van der Waals surface area contributed by atoms with Gasteiger partial charge in [-0.05, 0) is 13.8 Å². The van der Waals surface area contributed by atoms with Gasteiger partial charge in [-0.2, -0.15) is 0 Å². The number of hydrogen-bond acceptors (Lipinski definition) is 3. The van der Waals surface area contributed by atoms with Gasteiger partial charge in [0.05, 0.1) is 5.60 Å². The van der Waals surface area contributed by atoms with E-state index in [1.807, 2.05) is 13.8 Å². The predicted octanol–water partition coefficient (Wildman–Crippen LogP) is 0.777. The van der Waals surface area contributed by atoms with E-state index in [1.165, 1.54) is 0 Å². The maximum Gasteiger partial charge on any atom is 0.0765 e. The molecular formula is C11H21NO2. The summed E-state index contributed by atoms with van der Waals surface area (Å²) in [7, 11) is 1.64. The molecule has 0 aromatic heterocycles. The Hall–Kier alpha value is -0.560. The highest BCUT2D eigenvalue weighted by molar-refractivity contribution is 4.95. The first-order valence-corrected chi connectivity index (χ1v) is 4.94. The van der Waals surface area contributed by atoms with Crippen LogP contribution in [0.4, 0.5) is 0 Å². The van der Waals surface area contributed by atoms with Crippen molar-refractivity contribution in [2.75, 3.05) is 26.8 Å². The Labute approximate surface area is 86.8 Å². The Morgan fingerprint density at radius 1 is 1.50 bits per heavy atom. The minimum atomic E-state index is -0.685. The van der Waals surface area contributed by atoms with Gasteiger partial charge in [-0.25, -0.2) is 0 Å². The third kappa shape index (κ3) is 8.06. The molecule has 0 aromatic rings. The summed E-state index contributed by atoms with van der Waals surface area (Å²) in [6.07, 6.45) is 1.48. The van der Waals surface area contributed by atoms with Gasteiger partial charge in [0.2, 0.25) is 0 Å². The number of ether oxygens (including phenoxy) is 1. The zero-order chi connectivity index (χ0) is 10.9. The Kier molecular flexibility index (Phi) is 7.50. The molecule has 0 spiro atoms. The van der Waals surface area contributed by atoms with E-state index >= 15 is 0 Å². The van der Waals surface area contributed by atoms with Crippen LogP contribution in [0.3, 0.4) is 0 Å². The van der Waals surface area contributed by atoms with Gasteiger partial charge in [-0.1, -0.05) is 0 Å². The van der Waals surface area contributed by atoms with Crippen molar-refractivity contribution in [3.63, 3.8) is 0 Å². The largest absolute Gasteiger partial charge is 0.389 e. The molecule has 0 radical (unpaired) electrons. The zero-order valence-corrected chi connectivity index (χ0v) is 9.39. The Bertz CT molecular complexity index is 191. The molecule has 0 heterocycles. The summed E-state index contributed by atoms with van der Waals surface area (Å²) in [5.41, 5.74) is -0.685. The van der Waals surface area contributed by atoms with Crippen molar-refractivity contribution in [3.8, 4) is 11.8 Å². The Morgan fingerprint density at radius 3 is 2.79 bits per heavy atom. The molecular weight excluding hydrogens is 178 g/mol. The van der Waals surface area contributed by atoms with Gasteiger partial charge in [-0.15, -0.1) is 11.8 Å². The first-order chi connectivity index (χ1) is 6.62. The monoisotopic (exact) mass is 199 g/mol. The normalized spacial score (nSPS) is 14.3. The molecule has 0 amide bonds. The van der Waals surface area contributed by atoms with Crippen LogP contribution in [0.25, 0.3) is 0 Å². The molecule has 0 aliphatic rings. The fraction of sp³-hybridized carbons (Fsp3) is 0.818. The molecule has 0 aliphatic heterocycles. The van der Waals surface area contributed by atoms with E-state index in [1.54, 1.807) is 7.11 Å². The maximum absolute atomic E-state index is 9.82. The minimum Gasteiger partial charge on any atom is -0.389 e. The summed E-state index contributed by atoms with van der Waals surface area (Å²) in [5, 5.41) is 13.0. The predicted molar refractivity (Wildman–Crippen MR) is 58.1 cm³/mol. The first kappa shape index (κ1) is 13.4. The first-order valence-electron chi connectivity index (χ1n) is 4.94. The van der Waals surface area contributed by atoms with E-state index in [4.69, 9.17) is 4.74 Å². The van der Waals surface area contributed by atoms with Gasteiger partial charge in [0.25, 0.3) is 0 Å². The van der Waals surface area contributed by atoms with Crippen molar-refractivity contribution in [1.82, 2.24) is 5.32 Å². The van der Waals surface area contributed by atoms with Crippen LogP contribution < -0.4 is 5.32 Å². The van der Waals surface area contributed by atoms with Crippen molar-refractivity contribution >= 4 is 0 Å². The molecule has 3 nitrogen and oxygen atoms in total. The molecule has 2 N–H and O–H groups in total. The molecule has 0 fully saturated rings. The van der Waals surface area contributed by atoms with E-state index in [0.717, 1.165) is 13.0 Å². The van der Waals surface area contributed by atoms with Crippen molar-refractivity contribution in [3.05, 3.63) is 0 Å². The SMILES string of the molecule is CC#CCCNCC(C)(O)CCOC. The summed E-state index contributed by atoms with van der Waals surface area (Å²) in [6.45, 7) is 5.63. The maximum atomic E-state index is 9.82. The molecule has 0 aromatic carbocycles. The Morgan fingerprint density at radius 2 is 2.21 bits per heavy atom.